The third kappa shape index (κ3) is 30.9. The monoisotopic (exact) mass is 1650 g/mol. The summed E-state index contributed by atoms with van der Waals surface area (Å²) < 4.78 is 16.5. The largest absolute Gasteiger partial charge is 0.497 e. The van der Waals surface area contributed by atoms with Crippen LogP contribution in [0.5, 0.6) is 5.75 Å². The minimum Gasteiger partial charge on any atom is -0.497 e. The van der Waals surface area contributed by atoms with Crippen LogP contribution >= 0.6 is 0 Å². The number of Topliss-reactive ketones (excluding diaryl/α,β-unsaturated/α-hetero) is 1. The van der Waals surface area contributed by atoms with Crippen LogP contribution in [0.15, 0.2) is 82.0 Å². The van der Waals surface area contributed by atoms with Crippen molar-refractivity contribution in [3.05, 3.63) is 115 Å². The van der Waals surface area contributed by atoms with E-state index in [1.165, 1.54) is 25.3 Å². The Kier molecular flexibility index (Phi) is 38.0. The fourth-order valence-electron chi connectivity index (χ4n) is 12.3. The Bertz CT molecular complexity index is 4380. The number of guanidine groups is 3. The first-order valence-electron chi connectivity index (χ1n) is 37.4. The number of nitrogens with two attached hydrogens (primary N) is 6. The summed E-state index contributed by atoms with van der Waals surface area (Å²) in [4.78, 5) is 218. The van der Waals surface area contributed by atoms with Gasteiger partial charge in [0.2, 0.25) is 59.1 Å². The Morgan fingerprint density at radius 2 is 1.25 bits per heavy atom. The molecule has 28 N–H and O–H groups in total. The van der Waals surface area contributed by atoms with E-state index >= 15 is 9.59 Å². The highest BCUT2D eigenvalue weighted by molar-refractivity contribution is 6.15. The molecule has 0 saturated carbocycles. The summed E-state index contributed by atoms with van der Waals surface area (Å²) in [7, 11) is 1.37. The van der Waals surface area contributed by atoms with Crippen molar-refractivity contribution in [2.45, 2.75) is 170 Å². The van der Waals surface area contributed by atoms with E-state index in [0.717, 1.165) is 35.6 Å². The van der Waals surface area contributed by atoms with Gasteiger partial charge in [-0.2, -0.15) is 0 Å². The molecule has 1 aliphatic heterocycles. The van der Waals surface area contributed by atoms with Gasteiger partial charge in [0, 0.05) is 82.2 Å². The van der Waals surface area contributed by atoms with Crippen LogP contribution in [0.1, 0.15) is 114 Å². The third-order valence-electron chi connectivity index (χ3n) is 18.5. The number of anilines is 1. The first-order chi connectivity index (χ1) is 55.9. The number of ether oxygens (including phenoxy) is 2. The Balaban J connectivity index is 1.43. The summed E-state index contributed by atoms with van der Waals surface area (Å²) >= 11 is 0. The van der Waals surface area contributed by atoms with E-state index in [9.17, 15) is 82.9 Å². The molecule has 2 heterocycles. The van der Waals surface area contributed by atoms with E-state index in [-0.39, 0.29) is 112 Å². The number of nitrogens with one attached hydrogen (secondary N) is 15. The number of fused-ring (bicyclic) bond motifs is 1. The van der Waals surface area contributed by atoms with Gasteiger partial charge in [-0.25, -0.2) is 4.79 Å². The standard InChI is InChI=1S/C72H102N24O22/c1-39(61(104)90-48(16-9-28-83-70(78)79)64(107)91-50(23-25-58(100)101)65(108)89-47(60(75)103)15-8-27-82-69(76)77)87-66(109)51(36-85-46-21-18-42(95(112)113)34-53(46)96(114)115)88-57(99)37-86-63(106)49(22-24-56(74)98)92-67(110)52-17-10-30-94(52)68(111)72(26-11-29-84-71(80)81,55(97)32-41-33-59(102)118-54-35-43(116-2)19-20-44(41)54)93-62(105)45(73)14-6-7-31-117-38-40-12-4-3-5-13-40/h3-5,12-13,18-21,33-35,39,45,47-52,85H,6-11,14-17,22-32,36-38,73H2,1-2H3,(H2,74,98)(H2,75,103)(H,86,106)(H,87,109)(H,88,99)(H,89,108)(H,90,104)(H,91,107)(H,92,110)(H,93,105)(H,100,101)(H4,76,77,82)(H4,78,79,83)(H4,80,81,84)/t39-,45-,47+,48+,49-,50+,51-,52-,72-/m0/s1. The number of primary amides is 2. The quantitative estimate of drug-likeness (QED) is 0.00380. The first-order valence-corrected chi connectivity index (χ1v) is 37.4. The number of carbonyl (C=O) groups excluding carboxylic acids is 12. The topological polar surface area (TPSA) is 752 Å². The van der Waals surface area contributed by atoms with Crippen molar-refractivity contribution in [1.82, 2.24) is 63.4 Å². The maximum atomic E-state index is 15.8. The molecule has 0 bridgehead atoms. The lowest BCUT2D eigenvalue weighted by Crippen LogP contribution is -2.68. The van der Waals surface area contributed by atoms with Crippen LogP contribution in [0.2, 0.25) is 0 Å². The number of hydrogen-bond donors (Lipinski definition) is 22. The van der Waals surface area contributed by atoms with E-state index in [0.29, 0.717) is 25.5 Å². The number of nitrogens with zero attached hydrogens (tertiary/aromatic N) is 3. The van der Waals surface area contributed by atoms with Gasteiger partial charge in [0.25, 0.3) is 17.3 Å². The lowest BCUT2D eigenvalue weighted by Gasteiger charge is -2.38. The van der Waals surface area contributed by atoms with E-state index in [2.05, 4.69) is 63.8 Å². The second-order valence-corrected chi connectivity index (χ2v) is 27.4. The number of aliphatic carboxylic acids is 1. The van der Waals surface area contributed by atoms with Crippen molar-refractivity contribution in [3.8, 4) is 5.75 Å². The van der Waals surface area contributed by atoms with Crippen LogP contribution in [0.3, 0.4) is 0 Å². The van der Waals surface area contributed by atoms with E-state index in [1.807, 2.05) is 30.3 Å². The average molecular weight is 1660 g/mol. The highest BCUT2D eigenvalue weighted by atomic mass is 16.6. The summed E-state index contributed by atoms with van der Waals surface area (Å²) in [6, 6.07) is 4.06. The Morgan fingerprint density at radius 3 is 1.86 bits per heavy atom. The SMILES string of the molecule is COc1ccc2c(CC(=O)[C@](CCCNC(=N)N)(NC(=O)[C@@H](N)CCCCOCc3ccccc3)C(=O)N3CCC[C@H]3C(=O)N[C@@H](CCC(N)=O)C(=O)NCC(=O)N[C@@H](CNc3ccc([N+](=O)[O-])cc3[N+](=O)[O-])C(=O)N[C@@H](C)C(=O)N[C@H](CCCNC(=N)N)C(=O)N[C@H](CCC(=O)O)C(=O)N[C@H](CCCNC(=N)N)C(N)=O)cc(=O)oc2c1. The number of amides is 11. The Morgan fingerprint density at radius 1 is 0.653 bits per heavy atom. The fourth-order valence-corrected chi connectivity index (χ4v) is 12.3. The molecule has 11 amide bonds. The fraction of sp³-hybridized carbons (Fsp3) is 0.486. The number of carbonyl (C=O) groups is 13. The molecule has 5 rings (SSSR count). The molecular formula is C72H102N24O22. The summed E-state index contributed by atoms with van der Waals surface area (Å²) in [6.07, 6.45) is -3.46. The number of hydrogen-bond acceptors (Lipinski definition) is 26. The molecule has 4 aromatic rings. The predicted molar refractivity (Wildman–Crippen MR) is 422 cm³/mol. The number of methoxy groups -OCH3 is 1. The van der Waals surface area contributed by atoms with Crippen LogP contribution in [-0.2, 0) is 80.1 Å². The number of nitro groups is 2. The molecule has 1 aromatic heterocycles. The van der Waals surface area contributed by atoms with E-state index in [4.69, 9.17) is 64.5 Å². The van der Waals surface area contributed by atoms with Gasteiger partial charge in [0.05, 0.1) is 42.2 Å². The minimum atomic E-state index is -2.62. The van der Waals surface area contributed by atoms with Crippen molar-refractivity contribution >= 4 is 123 Å². The number of carboxylic acid groups (broad SMARTS) is 1. The Labute approximate surface area is 674 Å². The highest BCUT2D eigenvalue weighted by Gasteiger charge is 2.52. The average Bonchev–Trinajstić information content (AvgIpc) is 1.26. The summed E-state index contributed by atoms with van der Waals surface area (Å²) in [5.41, 5.74) is 29.3. The second kappa shape index (κ2) is 47.2. The summed E-state index contributed by atoms with van der Waals surface area (Å²) in [5.74, 6) is -15.7. The van der Waals surface area contributed by atoms with Crippen molar-refractivity contribution in [1.29, 1.82) is 16.2 Å². The minimum absolute atomic E-state index is 0.00779. The van der Waals surface area contributed by atoms with Crippen molar-refractivity contribution < 1.29 is 91.2 Å². The molecule has 0 radical (unpaired) electrons. The molecule has 118 heavy (non-hydrogen) atoms. The zero-order chi connectivity index (χ0) is 87.3. The van der Waals surface area contributed by atoms with Crippen LogP contribution in [-0.4, -0.2) is 221 Å². The molecule has 46 nitrogen and oxygen atoms in total. The van der Waals surface area contributed by atoms with Crippen LogP contribution in [0.4, 0.5) is 17.1 Å². The number of benzene rings is 3. The van der Waals surface area contributed by atoms with Gasteiger partial charge in [-0.3, -0.25) is 98.8 Å². The number of unbranched alkanes of at least 4 members (excludes halogenated alkanes) is 1. The van der Waals surface area contributed by atoms with E-state index < -0.39 is 227 Å². The molecule has 0 aliphatic carbocycles. The number of likely N-dealkylation sites (tertiary alicyclic amines) is 1. The van der Waals surface area contributed by atoms with E-state index in [1.54, 1.807) is 0 Å². The molecule has 46 heteroatoms. The van der Waals surface area contributed by atoms with Crippen LogP contribution in [0.25, 0.3) is 11.0 Å². The van der Waals surface area contributed by atoms with Crippen LogP contribution in [0, 0.1) is 36.5 Å². The first kappa shape index (κ1) is 94.9. The zero-order valence-electron chi connectivity index (χ0n) is 64.8. The molecule has 9 atom stereocenters. The van der Waals surface area contributed by atoms with Gasteiger partial charge < -0.3 is 122 Å². The molecule has 1 fully saturated rings. The third-order valence-corrected chi connectivity index (χ3v) is 18.5. The van der Waals surface area contributed by atoms with Crippen molar-refractivity contribution in [2.75, 3.05) is 58.3 Å². The molecule has 3 aromatic carbocycles. The number of carboxylic acids is 1. The maximum Gasteiger partial charge on any atom is 0.336 e. The Hall–Kier alpha value is -13.7. The zero-order valence-corrected chi connectivity index (χ0v) is 64.8. The normalized spacial score (nSPS) is 14.5. The van der Waals surface area contributed by atoms with Gasteiger partial charge >= 0.3 is 11.6 Å². The lowest BCUT2D eigenvalue weighted by molar-refractivity contribution is -0.393. The van der Waals surface area contributed by atoms with Gasteiger partial charge in [-0.15, -0.1) is 0 Å². The second-order valence-electron chi connectivity index (χ2n) is 27.4. The molecule has 1 saturated heterocycles. The molecule has 642 valence electrons. The van der Waals surface area contributed by atoms with Gasteiger partial charge in [0.1, 0.15) is 59.3 Å². The smallest absolute Gasteiger partial charge is 0.336 e. The summed E-state index contributed by atoms with van der Waals surface area (Å²) in [5, 5.41) is 85.6. The molecular weight excluding hydrogens is 1550 g/mol. The maximum absolute atomic E-state index is 15.8. The van der Waals surface area contributed by atoms with Crippen LogP contribution < -0.4 is 109 Å². The lowest BCUT2D eigenvalue weighted by atomic mass is 9.82. The molecule has 0 unspecified atom stereocenters. The summed E-state index contributed by atoms with van der Waals surface area (Å²) in [6.45, 7) is -0.638. The molecule has 1 aliphatic rings. The highest BCUT2D eigenvalue weighted by Crippen LogP contribution is 2.32. The van der Waals surface area contributed by atoms with Crippen molar-refractivity contribution in [3.63, 3.8) is 0 Å². The number of non-ortho nitro benzene ring substituents is 1. The predicted octanol–water partition coefficient (Wildman–Crippen LogP) is -4.15. The van der Waals surface area contributed by atoms with Crippen molar-refractivity contribution in [2.24, 2.45) is 34.4 Å². The number of nitro benzene ring substituents is 2. The number of ketones is 1. The van der Waals surface area contributed by atoms with Gasteiger partial charge in [0.15, 0.2) is 29.2 Å². The molecule has 0 spiro atoms. The number of rotatable bonds is 52. The van der Waals surface area contributed by atoms with Gasteiger partial charge in [-0.05, 0) is 120 Å². The van der Waals surface area contributed by atoms with Gasteiger partial charge in [-0.1, -0.05) is 30.3 Å².